The molecule has 2 aliphatic rings. The Morgan fingerprint density at radius 2 is 1.97 bits per heavy atom. The summed E-state index contributed by atoms with van der Waals surface area (Å²) < 4.78 is 8.00. The number of nitrogens with zero attached hydrogens (tertiary/aromatic N) is 4. The molecule has 2 atom stereocenters. The van der Waals surface area contributed by atoms with Crippen LogP contribution in [0.15, 0.2) is 48.8 Å². The molecule has 0 spiro atoms. The standard InChI is InChI=1S/C23H30N4O2/c1-25-17-20(16-24-25)23-21(18-26-12-6-3-7-13-26)29-15-14-27(23)22(28)11-10-19-8-4-2-5-9-19/h2,4-5,8-11,16-17,21,23H,3,6-7,12-15,18H2,1H3/b11-10+/t21-,23-/m0/s1. The predicted molar refractivity (Wildman–Crippen MR) is 113 cm³/mol. The topological polar surface area (TPSA) is 50.6 Å². The van der Waals surface area contributed by atoms with Crippen LogP contribution in [0.2, 0.25) is 0 Å². The maximum Gasteiger partial charge on any atom is 0.247 e. The summed E-state index contributed by atoms with van der Waals surface area (Å²) in [7, 11) is 1.91. The molecule has 2 saturated heterocycles. The van der Waals surface area contributed by atoms with E-state index >= 15 is 0 Å². The summed E-state index contributed by atoms with van der Waals surface area (Å²) in [6, 6.07) is 9.82. The Balaban J connectivity index is 1.55. The second kappa shape index (κ2) is 9.37. The van der Waals surface area contributed by atoms with E-state index in [1.807, 2.05) is 60.7 Å². The highest BCUT2D eigenvalue weighted by atomic mass is 16.5. The molecule has 2 aliphatic heterocycles. The van der Waals surface area contributed by atoms with E-state index in [2.05, 4.69) is 10.00 Å². The van der Waals surface area contributed by atoms with Gasteiger partial charge in [-0.2, -0.15) is 5.10 Å². The van der Waals surface area contributed by atoms with Gasteiger partial charge >= 0.3 is 0 Å². The molecule has 2 fully saturated rings. The quantitative estimate of drug-likeness (QED) is 0.732. The minimum Gasteiger partial charge on any atom is -0.373 e. The summed E-state index contributed by atoms with van der Waals surface area (Å²) in [4.78, 5) is 17.6. The van der Waals surface area contributed by atoms with Crippen LogP contribution in [0.25, 0.3) is 6.08 Å². The van der Waals surface area contributed by atoms with Crippen LogP contribution in [0, 0.1) is 0 Å². The van der Waals surface area contributed by atoms with Crippen LogP contribution in [0.1, 0.15) is 36.4 Å². The molecule has 0 radical (unpaired) electrons. The number of aromatic nitrogens is 2. The van der Waals surface area contributed by atoms with Gasteiger partial charge in [0.15, 0.2) is 0 Å². The number of hydrogen-bond acceptors (Lipinski definition) is 4. The number of piperidine rings is 1. The maximum atomic E-state index is 13.1. The number of morpholine rings is 1. The molecule has 3 heterocycles. The Morgan fingerprint density at radius 1 is 1.17 bits per heavy atom. The molecular weight excluding hydrogens is 364 g/mol. The molecule has 6 heteroatoms. The monoisotopic (exact) mass is 394 g/mol. The lowest BCUT2D eigenvalue weighted by Crippen LogP contribution is -2.52. The number of amides is 1. The Labute approximate surface area is 172 Å². The molecule has 2 aromatic rings. The van der Waals surface area contributed by atoms with E-state index in [1.54, 1.807) is 10.8 Å². The third-order valence-electron chi connectivity index (χ3n) is 5.81. The number of likely N-dealkylation sites (tertiary alicyclic amines) is 1. The number of hydrogen-bond donors (Lipinski definition) is 0. The molecular formula is C23H30N4O2. The van der Waals surface area contributed by atoms with E-state index in [0.717, 1.165) is 30.8 Å². The fraction of sp³-hybridized carbons (Fsp3) is 0.478. The molecule has 1 aromatic carbocycles. The number of benzene rings is 1. The van der Waals surface area contributed by atoms with Crippen molar-refractivity contribution in [2.24, 2.45) is 7.05 Å². The first-order chi connectivity index (χ1) is 14.2. The number of carbonyl (C=O) groups is 1. The van der Waals surface area contributed by atoms with Crippen molar-refractivity contribution >= 4 is 12.0 Å². The summed E-state index contributed by atoms with van der Waals surface area (Å²) in [6.07, 6.45) is 11.2. The van der Waals surface area contributed by atoms with Crippen molar-refractivity contribution in [3.8, 4) is 0 Å². The maximum absolute atomic E-state index is 13.1. The lowest BCUT2D eigenvalue weighted by molar-refractivity contribution is -0.143. The van der Waals surface area contributed by atoms with Gasteiger partial charge in [-0.3, -0.25) is 9.48 Å². The molecule has 154 valence electrons. The zero-order chi connectivity index (χ0) is 20.1. The normalized spacial score (nSPS) is 23.6. The van der Waals surface area contributed by atoms with Crippen molar-refractivity contribution in [3.63, 3.8) is 0 Å². The van der Waals surface area contributed by atoms with E-state index in [-0.39, 0.29) is 18.1 Å². The number of aryl methyl sites for hydroxylation is 1. The van der Waals surface area contributed by atoms with Crippen molar-refractivity contribution < 1.29 is 9.53 Å². The van der Waals surface area contributed by atoms with Crippen LogP contribution in [0.4, 0.5) is 0 Å². The zero-order valence-corrected chi connectivity index (χ0v) is 17.1. The van der Waals surface area contributed by atoms with Gasteiger partial charge in [-0.25, -0.2) is 0 Å². The first kappa shape index (κ1) is 19.9. The van der Waals surface area contributed by atoms with Crippen LogP contribution in [0.3, 0.4) is 0 Å². The van der Waals surface area contributed by atoms with Gasteiger partial charge in [-0.15, -0.1) is 0 Å². The third kappa shape index (κ3) is 4.95. The fourth-order valence-electron chi connectivity index (χ4n) is 4.34. The summed E-state index contributed by atoms with van der Waals surface area (Å²) in [5.41, 5.74) is 2.06. The van der Waals surface area contributed by atoms with E-state index in [4.69, 9.17) is 4.74 Å². The molecule has 0 saturated carbocycles. The second-order valence-corrected chi connectivity index (χ2v) is 7.94. The minimum absolute atomic E-state index is 0.0228. The van der Waals surface area contributed by atoms with Crippen LogP contribution >= 0.6 is 0 Å². The fourth-order valence-corrected chi connectivity index (χ4v) is 4.34. The Kier molecular flexibility index (Phi) is 6.42. The average molecular weight is 395 g/mol. The van der Waals surface area contributed by atoms with Gasteiger partial charge in [-0.1, -0.05) is 36.8 Å². The molecule has 0 bridgehead atoms. The molecule has 0 unspecified atom stereocenters. The molecule has 0 aliphatic carbocycles. The Bertz CT molecular complexity index is 826. The van der Waals surface area contributed by atoms with Crippen molar-refractivity contribution in [2.75, 3.05) is 32.8 Å². The molecule has 6 nitrogen and oxygen atoms in total. The van der Waals surface area contributed by atoms with Crippen molar-refractivity contribution in [1.29, 1.82) is 0 Å². The second-order valence-electron chi connectivity index (χ2n) is 7.94. The molecule has 1 aromatic heterocycles. The van der Waals surface area contributed by atoms with Crippen molar-refractivity contribution in [2.45, 2.75) is 31.4 Å². The van der Waals surface area contributed by atoms with Gasteiger partial charge < -0.3 is 14.5 Å². The number of ether oxygens (including phenoxy) is 1. The Morgan fingerprint density at radius 3 is 2.69 bits per heavy atom. The van der Waals surface area contributed by atoms with Gasteiger partial charge in [0.2, 0.25) is 5.91 Å². The first-order valence-corrected chi connectivity index (χ1v) is 10.6. The number of carbonyl (C=O) groups excluding carboxylic acids is 1. The van der Waals surface area contributed by atoms with Gasteiger partial charge in [0, 0.05) is 38.0 Å². The van der Waals surface area contributed by atoms with E-state index in [1.165, 1.54) is 19.3 Å². The largest absolute Gasteiger partial charge is 0.373 e. The minimum atomic E-state index is -0.118. The first-order valence-electron chi connectivity index (χ1n) is 10.6. The summed E-state index contributed by atoms with van der Waals surface area (Å²) >= 11 is 0. The van der Waals surface area contributed by atoms with E-state index in [0.29, 0.717) is 13.2 Å². The van der Waals surface area contributed by atoms with Crippen LogP contribution in [-0.2, 0) is 16.6 Å². The van der Waals surface area contributed by atoms with Crippen LogP contribution in [0.5, 0.6) is 0 Å². The summed E-state index contributed by atoms with van der Waals surface area (Å²) in [5.74, 6) is 0.0228. The molecule has 4 rings (SSSR count). The highest BCUT2D eigenvalue weighted by Crippen LogP contribution is 2.31. The van der Waals surface area contributed by atoms with Crippen molar-refractivity contribution in [3.05, 3.63) is 59.9 Å². The zero-order valence-electron chi connectivity index (χ0n) is 17.1. The van der Waals surface area contributed by atoms with Gasteiger partial charge in [0.25, 0.3) is 0 Å². The predicted octanol–water partition coefficient (Wildman–Crippen LogP) is 2.89. The summed E-state index contributed by atoms with van der Waals surface area (Å²) in [5, 5.41) is 4.35. The summed E-state index contributed by atoms with van der Waals surface area (Å²) in [6.45, 7) is 4.24. The van der Waals surface area contributed by atoms with Crippen LogP contribution < -0.4 is 0 Å². The smallest absolute Gasteiger partial charge is 0.247 e. The van der Waals surface area contributed by atoms with Gasteiger partial charge in [0.1, 0.15) is 0 Å². The van der Waals surface area contributed by atoms with Gasteiger partial charge in [0.05, 0.1) is 24.9 Å². The molecule has 1 amide bonds. The van der Waals surface area contributed by atoms with Crippen LogP contribution in [-0.4, -0.2) is 64.4 Å². The highest BCUT2D eigenvalue weighted by Gasteiger charge is 2.37. The molecule has 29 heavy (non-hydrogen) atoms. The highest BCUT2D eigenvalue weighted by molar-refractivity contribution is 5.92. The Hall–Kier alpha value is -2.44. The SMILES string of the molecule is Cn1cc([C@H]2[C@H](CN3CCCCC3)OCCN2C(=O)/C=C/c2ccccc2)cn1. The van der Waals surface area contributed by atoms with E-state index < -0.39 is 0 Å². The van der Waals surface area contributed by atoms with Gasteiger partial charge in [-0.05, 0) is 37.6 Å². The third-order valence-corrected chi connectivity index (χ3v) is 5.81. The average Bonchev–Trinajstić information content (AvgIpc) is 3.19. The lowest BCUT2D eigenvalue weighted by Gasteiger charge is -2.42. The number of rotatable bonds is 5. The lowest BCUT2D eigenvalue weighted by atomic mass is 9.99. The molecule has 0 N–H and O–H groups in total. The van der Waals surface area contributed by atoms with E-state index in [9.17, 15) is 4.79 Å². The van der Waals surface area contributed by atoms with Crippen molar-refractivity contribution in [1.82, 2.24) is 19.6 Å².